The van der Waals surface area contributed by atoms with E-state index in [1.165, 1.54) is 0 Å². The lowest BCUT2D eigenvalue weighted by molar-refractivity contribution is 0.925. The minimum Gasteiger partial charge on any atom is -0.268 e. The second-order valence-electron chi connectivity index (χ2n) is 6.77. The standard InChI is InChI=1S/C24H18N4O/c1-16-5-3-7-21(17(16)2)28-22(13-12-18-8-10-19(15-25)11-9-18)27-23-20(24(28)29)6-4-14-26-23/h3-14H,1-2H3/b13-12+. The Hall–Kier alpha value is -4.04. The number of rotatable bonds is 3. The lowest BCUT2D eigenvalue weighted by Crippen LogP contribution is -2.23. The summed E-state index contributed by atoms with van der Waals surface area (Å²) in [6.45, 7) is 4.02. The minimum absolute atomic E-state index is 0.156. The summed E-state index contributed by atoms with van der Waals surface area (Å²) in [5.74, 6) is 0.499. The molecular formula is C24H18N4O. The monoisotopic (exact) mass is 378 g/mol. The molecule has 4 rings (SSSR count). The molecule has 4 aromatic rings. The van der Waals surface area contributed by atoms with Crippen LogP contribution >= 0.6 is 0 Å². The van der Waals surface area contributed by atoms with Gasteiger partial charge in [-0.15, -0.1) is 0 Å². The van der Waals surface area contributed by atoms with Gasteiger partial charge in [-0.05, 0) is 66.9 Å². The molecule has 0 saturated heterocycles. The van der Waals surface area contributed by atoms with Crippen LogP contribution in [0.15, 0.2) is 65.6 Å². The summed E-state index contributed by atoms with van der Waals surface area (Å²) in [4.78, 5) is 22.2. The molecule has 5 nitrogen and oxygen atoms in total. The highest BCUT2D eigenvalue weighted by atomic mass is 16.1. The molecule has 0 fully saturated rings. The maximum atomic E-state index is 13.3. The second kappa shape index (κ2) is 7.53. The molecule has 0 bridgehead atoms. The Labute approximate surface area is 168 Å². The van der Waals surface area contributed by atoms with Crippen molar-refractivity contribution in [2.24, 2.45) is 0 Å². The highest BCUT2D eigenvalue weighted by Gasteiger charge is 2.14. The van der Waals surface area contributed by atoms with E-state index in [0.717, 1.165) is 22.4 Å². The zero-order valence-corrected chi connectivity index (χ0v) is 16.1. The van der Waals surface area contributed by atoms with Crippen molar-refractivity contribution in [3.8, 4) is 11.8 Å². The van der Waals surface area contributed by atoms with E-state index < -0.39 is 0 Å². The van der Waals surface area contributed by atoms with Gasteiger partial charge in [-0.3, -0.25) is 9.36 Å². The third-order valence-electron chi connectivity index (χ3n) is 4.95. The van der Waals surface area contributed by atoms with Crippen molar-refractivity contribution < 1.29 is 0 Å². The van der Waals surface area contributed by atoms with Crippen LogP contribution in [0.2, 0.25) is 0 Å². The van der Waals surface area contributed by atoms with Crippen LogP contribution in [0.5, 0.6) is 0 Å². The van der Waals surface area contributed by atoms with Gasteiger partial charge in [-0.25, -0.2) is 9.97 Å². The molecule has 140 valence electrons. The molecule has 2 aromatic carbocycles. The summed E-state index contributed by atoms with van der Waals surface area (Å²) in [6, 6.07) is 18.7. The molecule has 0 aliphatic carbocycles. The third-order valence-corrected chi connectivity index (χ3v) is 4.95. The molecule has 0 unspecified atom stereocenters. The van der Waals surface area contributed by atoms with Gasteiger partial charge in [-0.2, -0.15) is 5.26 Å². The molecule has 0 radical (unpaired) electrons. The van der Waals surface area contributed by atoms with Crippen LogP contribution in [0.1, 0.15) is 28.1 Å². The maximum absolute atomic E-state index is 13.3. The molecule has 0 N–H and O–H groups in total. The zero-order chi connectivity index (χ0) is 20.4. The van der Waals surface area contributed by atoms with Gasteiger partial charge in [0, 0.05) is 6.20 Å². The number of hydrogen-bond donors (Lipinski definition) is 0. The van der Waals surface area contributed by atoms with E-state index in [9.17, 15) is 4.79 Å². The number of nitrogens with zero attached hydrogens (tertiary/aromatic N) is 4. The van der Waals surface area contributed by atoms with Gasteiger partial charge in [-0.1, -0.05) is 30.3 Å². The van der Waals surface area contributed by atoms with E-state index in [1.807, 2.05) is 50.3 Å². The van der Waals surface area contributed by atoms with Crippen molar-refractivity contribution in [3.63, 3.8) is 0 Å². The van der Waals surface area contributed by atoms with Crippen LogP contribution in [-0.4, -0.2) is 14.5 Å². The molecule has 5 heteroatoms. The number of hydrogen-bond acceptors (Lipinski definition) is 4. The number of aryl methyl sites for hydroxylation is 1. The lowest BCUT2D eigenvalue weighted by atomic mass is 10.1. The predicted molar refractivity (Wildman–Crippen MR) is 115 cm³/mol. The summed E-state index contributed by atoms with van der Waals surface area (Å²) >= 11 is 0. The molecule has 0 aliphatic heterocycles. The van der Waals surface area contributed by atoms with E-state index in [2.05, 4.69) is 16.0 Å². The van der Waals surface area contributed by atoms with Gasteiger partial charge in [0.1, 0.15) is 5.82 Å². The SMILES string of the molecule is Cc1cccc(-n2c(/C=C/c3ccc(C#N)cc3)nc3ncccc3c2=O)c1C. The zero-order valence-electron chi connectivity index (χ0n) is 16.1. The van der Waals surface area contributed by atoms with Crippen LogP contribution in [0.25, 0.3) is 28.9 Å². The van der Waals surface area contributed by atoms with Crippen molar-refractivity contribution in [1.82, 2.24) is 14.5 Å². The fourth-order valence-electron chi connectivity index (χ4n) is 3.20. The first-order chi connectivity index (χ1) is 14.1. The van der Waals surface area contributed by atoms with Crippen molar-refractivity contribution in [1.29, 1.82) is 5.26 Å². The van der Waals surface area contributed by atoms with Gasteiger partial charge in [0.05, 0.1) is 22.7 Å². The Morgan fingerprint density at radius 2 is 1.79 bits per heavy atom. The first-order valence-electron chi connectivity index (χ1n) is 9.21. The van der Waals surface area contributed by atoms with Crippen LogP contribution in [0.3, 0.4) is 0 Å². The summed E-state index contributed by atoms with van der Waals surface area (Å²) in [7, 11) is 0. The van der Waals surface area contributed by atoms with Crippen LogP contribution in [0.4, 0.5) is 0 Å². The summed E-state index contributed by atoms with van der Waals surface area (Å²) in [6.07, 6.45) is 5.31. The first kappa shape index (κ1) is 18.3. The highest BCUT2D eigenvalue weighted by molar-refractivity contribution is 5.77. The quantitative estimate of drug-likeness (QED) is 0.528. The number of benzene rings is 2. The van der Waals surface area contributed by atoms with Crippen molar-refractivity contribution in [3.05, 3.63) is 99.2 Å². The molecule has 2 heterocycles. The average Bonchev–Trinajstić information content (AvgIpc) is 2.75. The summed E-state index contributed by atoms with van der Waals surface area (Å²) < 4.78 is 1.63. The highest BCUT2D eigenvalue weighted by Crippen LogP contribution is 2.20. The van der Waals surface area contributed by atoms with Gasteiger partial charge in [0.15, 0.2) is 5.65 Å². The summed E-state index contributed by atoms with van der Waals surface area (Å²) in [5, 5.41) is 9.43. The van der Waals surface area contributed by atoms with E-state index in [1.54, 1.807) is 41.1 Å². The molecule has 0 spiro atoms. The molecule has 0 amide bonds. The Bertz CT molecular complexity index is 1340. The smallest absolute Gasteiger partial charge is 0.267 e. The number of aromatic nitrogens is 3. The third kappa shape index (κ3) is 3.44. The lowest BCUT2D eigenvalue weighted by Gasteiger charge is -2.14. The first-order valence-corrected chi connectivity index (χ1v) is 9.21. The predicted octanol–water partition coefficient (Wildman–Crippen LogP) is 4.44. The fraction of sp³-hybridized carbons (Fsp3) is 0.0833. The van der Waals surface area contributed by atoms with E-state index in [-0.39, 0.29) is 5.56 Å². The van der Waals surface area contributed by atoms with E-state index in [0.29, 0.717) is 22.4 Å². The molecule has 2 aromatic heterocycles. The Morgan fingerprint density at radius 1 is 1.00 bits per heavy atom. The average molecular weight is 378 g/mol. The van der Waals surface area contributed by atoms with Crippen molar-refractivity contribution in [2.45, 2.75) is 13.8 Å². The van der Waals surface area contributed by atoms with Gasteiger partial charge >= 0.3 is 0 Å². The van der Waals surface area contributed by atoms with Crippen LogP contribution < -0.4 is 5.56 Å². The molecule has 29 heavy (non-hydrogen) atoms. The van der Waals surface area contributed by atoms with Crippen LogP contribution in [-0.2, 0) is 0 Å². The molecule has 0 atom stereocenters. The Balaban J connectivity index is 1.94. The number of fused-ring (bicyclic) bond motifs is 1. The van der Waals surface area contributed by atoms with Gasteiger partial charge in [0.2, 0.25) is 0 Å². The molecule has 0 aliphatic rings. The van der Waals surface area contributed by atoms with E-state index in [4.69, 9.17) is 5.26 Å². The maximum Gasteiger partial charge on any atom is 0.267 e. The molecular weight excluding hydrogens is 360 g/mol. The van der Waals surface area contributed by atoms with Crippen molar-refractivity contribution >= 4 is 23.2 Å². The Morgan fingerprint density at radius 3 is 2.55 bits per heavy atom. The number of pyridine rings is 1. The normalized spacial score (nSPS) is 11.1. The van der Waals surface area contributed by atoms with E-state index >= 15 is 0 Å². The second-order valence-corrected chi connectivity index (χ2v) is 6.77. The van der Waals surface area contributed by atoms with Gasteiger partial charge in [0.25, 0.3) is 5.56 Å². The fourth-order valence-corrected chi connectivity index (χ4v) is 3.20. The summed E-state index contributed by atoms with van der Waals surface area (Å²) in [5.41, 5.74) is 4.69. The number of nitriles is 1. The van der Waals surface area contributed by atoms with Gasteiger partial charge < -0.3 is 0 Å². The molecule has 0 saturated carbocycles. The minimum atomic E-state index is -0.156. The topological polar surface area (TPSA) is 71.6 Å². The van der Waals surface area contributed by atoms with Crippen LogP contribution in [0, 0.1) is 25.2 Å². The largest absolute Gasteiger partial charge is 0.268 e. The Kier molecular flexibility index (Phi) is 4.76. The van der Waals surface area contributed by atoms with Crippen molar-refractivity contribution in [2.75, 3.05) is 0 Å².